The van der Waals surface area contributed by atoms with E-state index in [1.54, 1.807) is 27.7 Å². The Morgan fingerprint density at radius 1 is 0.757 bits per heavy atom. The van der Waals surface area contributed by atoms with Crippen molar-refractivity contribution in [3.63, 3.8) is 0 Å². The van der Waals surface area contributed by atoms with Gasteiger partial charge in [0.2, 0.25) is 11.1 Å². The maximum Gasteiger partial charge on any atom is 0.326 e. The summed E-state index contributed by atoms with van der Waals surface area (Å²) in [6.45, 7) is 7.10. The monoisotopic (exact) mass is 534 g/mol. The molecule has 37 heavy (non-hydrogen) atoms. The molecule has 8 nitrogen and oxygen atoms in total. The van der Waals surface area contributed by atoms with Crippen molar-refractivity contribution in [2.24, 2.45) is 17.6 Å². The van der Waals surface area contributed by atoms with Crippen LogP contribution in [0.3, 0.4) is 0 Å². The molecule has 0 bridgehead atoms. The van der Waals surface area contributed by atoms with Gasteiger partial charge in [-0.25, -0.2) is 4.79 Å². The SMILES string of the molecule is CC(C)[C@H](N)C(=O)O.CC(C)[C@H](NC(=O)CCc1ccccc1)C(=O)O.O=C(Cl)CCc1ccccc1. The number of nitrogens with one attached hydrogen (secondary N) is 1. The molecule has 2 atom stereocenters. The second-order valence-electron chi connectivity index (χ2n) is 9.06. The summed E-state index contributed by atoms with van der Waals surface area (Å²) in [6, 6.07) is 18.0. The first kappa shape index (κ1) is 33.8. The maximum absolute atomic E-state index is 11.7. The summed E-state index contributed by atoms with van der Waals surface area (Å²) < 4.78 is 0. The Morgan fingerprint density at radius 2 is 1.19 bits per heavy atom. The van der Waals surface area contributed by atoms with Crippen molar-refractivity contribution in [2.75, 3.05) is 0 Å². The molecule has 0 spiro atoms. The summed E-state index contributed by atoms with van der Waals surface area (Å²) in [4.78, 5) is 43.0. The van der Waals surface area contributed by atoms with Gasteiger partial charge in [-0.1, -0.05) is 88.4 Å². The molecule has 1 amide bonds. The van der Waals surface area contributed by atoms with E-state index in [-0.39, 0.29) is 23.0 Å². The smallest absolute Gasteiger partial charge is 0.326 e. The highest BCUT2D eigenvalue weighted by Gasteiger charge is 2.23. The van der Waals surface area contributed by atoms with Crippen LogP contribution < -0.4 is 11.1 Å². The predicted octanol–water partition coefficient (Wildman–Crippen LogP) is 4.28. The second kappa shape index (κ2) is 19.0. The van der Waals surface area contributed by atoms with E-state index in [2.05, 4.69) is 5.32 Å². The molecule has 9 heteroatoms. The van der Waals surface area contributed by atoms with Gasteiger partial charge in [-0.3, -0.25) is 14.4 Å². The van der Waals surface area contributed by atoms with Gasteiger partial charge in [0.15, 0.2) is 0 Å². The average molecular weight is 535 g/mol. The van der Waals surface area contributed by atoms with E-state index in [1.165, 1.54) is 0 Å². The number of benzene rings is 2. The predicted molar refractivity (Wildman–Crippen MR) is 145 cm³/mol. The first-order chi connectivity index (χ1) is 17.3. The highest BCUT2D eigenvalue weighted by molar-refractivity contribution is 6.63. The molecule has 204 valence electrons. The van der Waals surface area contributed by atoms with Crippen LogP contribution in [0.25, 0.3) is 0 Å². The number of hydrogen-bond acceptors (Lipinski definition) is 5. The summed E-state index contributed by atoms with van der Waals surface area (Å²) in [5.74, 6) is -2.24. The molecule has 0 aliphatic carbocycles. The van der Waals surface area contributed by atoms with Gasteiger partial charge in [0, 0.05) is 12.8 Å². The molecule has 0 fully saturated rings. The van der Waals surface area contributed by atoms with Gasteiger partial charge in [0.25, 0.3) is 0 Å². The van der Waals surface area contributed by atoms with E-state index in [4.69, 9.17) is 27.5 Å². The van der Waals surface area contributed by atoms with E-state index in [9.17, 15) is 19.2 Å². The molecule has 0 aliphatic heterocycles. The molecule has 2 aromatic carbocycles. The highest BCUT2D eigenvalue weighted by atomic mass is 35.5. The third-order valence-corrected chi connectivity index (χ3v) is 5.38. The zero-order valence-electron chi connectivity index (χ0n) is 21.9. The van der Waals surface area contributed by atoms with Gasteiger partial charge in [-0.2, -0.15) is 0 Å². The van der Waals surface area contributed by atoms with E-state index < -0.39 is 24.0 Å². The molecule has 0 saturated carbocycles. The van der Waals surface area contributed by atoms with Gasteiger partial charge in [-0.05, 0) is 47.4 Å². The van der Waals surface area contributed by atoms with E-state index in [0.717, 1.165) is 17.5 Å². The standard InChI is InChI=1S/C14H19NO3.C9H9ClO.C5H11NO2/c1-10(2)13(14(17)18)15-12(16)9-8-11-6-4-3-5-7-11;10-9(11)7-6-8-4-2-1-3-5-8;1-3(2)4(6)5(7)8/h3-7,10,13H,8-9H2,1-2H3,(H,15,16)(H,17,18);1-5H,6-7H2;3-4H,6H2,1-2H3,(H,7,8)/t13-;;4-/m0.0/s1. The minimum Gasteiger partial charge on any atom is -0.480 e. The second-order valence-corrected chi connectivity index (χ2v) is 9.48. The molecule has 2 aromatic rings. The minimum atomic E-state index is -0.988. The van der Waals surface area contributed by atoms with E-state index in [1.807, 2.05) is 60.7 Å². The molecular formula is C28H39ClN2O6. The Hall–Kier alpha value is -3.23. The number of carboxylic acids is 2. The minimum absolute atomic E-state index is 0.0208. The molecule has 0 unspecified atom stereocenters. The molecular weight excluding hydrogens is 496 g/mol. The Bertz CT molecular complexity index is 952. The number of amides is 1. The number of carboxylic acid groups (broad SMARTS) is 2. The quantitative estimate of drug-likeness (QED) is 0.314. The molecule has 0 aliphatic rings. The number of nitrogens with two attached hydrogens (primary N) is 1. The van der Waals surface area contributed by atoms with Crippen molar-refractivity contribution in [1.82, 2.24) is 5.32 Å². The summed E-state index contributed by atoms with van der Waals surface area (Å²) >= 11 is 5.19. The molecule has 0 radical (unpaired) electrons. The van der Waals surface area contributed by atoms with Crippen molar-refractivity contribution in [1.29, 1.82) is 0 Å². The molecule has 5 N–H and O–H groups in total. The largest absolute Gasteiger partial charge is 0.480 e. The first-order valence-electron chi connectivity index (χ1n) is 12.1. The van der Waals surface area contributed by atoms with Crippen molar-refractivity contribution in [3.05, 3.63) is 71.8 Å². The fourth-order valence-corrected chi connectivity index (χ4v) is 2.93. The lowest BCUT2D eigenvalue weighted by Gasteiger charge is -2.17. The number of aryl methyl sites for hydroxylation is 2. The molecule has 0 heterocycles. The van der Waals surface area contributed by atoms with Crippen molar-refractivity contribution in [3.8, 4) is 0 Å². The van der Waals surface area contributed by atoms with Crippen molar-refractivity contribution < 1.29 is 29.4 Å². The number of halogens is 1. The molecule has 0 saturated heterocycles. The molecule has 0 aromatic heterocycles. The Labute approximate surface area is 224 Å². The van der Waals surface area contributed by atoms with Crippen LogP contribution in [0.1, 0.15) is 51.7 Å². The third kappa shape index (κ3) is 17.0. The van der Waals surface area contributed by atoms with Crippen LogP contribution in [0.2, 0.25) is 0 Å². The van der Waals surface area contributed by atoms with Crippen molar-refractivity contribution in [2.45, 2.75) is 65.5 Å². The highest BCUT2D eigenvalue weighted by Crippen LogP contribution is 2.06. The first-order valence-corrected chi connectivity index (χ1v) is 12.5. The van der Waals surface area contributed by atoms with Crippen LogP contribution in [0.5, 0.6) is 0 Å². The summed E-state index contributed by atoms with van der Waals surface area (Å²) in [5.41, 5.74) is 7.39. The van der Waals surface area contributed by atoms with Gasteiger partial charge in [0.05, 0.1) is 0 Å². The lowest BCUT2D eigenvalue weighted by molar-refractivity contribution is -0.143. The molecule has 2 rings (SSSR count). The summed E-state index contributed by atoms with van der Waals surface area (Å²) in [6.07, 6.45) is 2.09. The Balaban J connectivity index is 0.000000580. The van der Waals surface area contributed by atoms with Gasteiger partial charge in [0.1, 0.15) is 12.1 Å². The maximum atomic E-state index is 11.7. The number of aliphatic carboxylic acids is 2. The lowest BCUT2D eigenvalue weighted by Crippen LogP contribution is -2.44. The number of rotatable bonds is 11. The van der Waals surface area contributed by atoms with Crippen LogP contribution in [-0.2, 0) is 32.0 Å². The topological polar surface area (TPSA) is 147 Å². The van der Waals surface area contributed by atoms with Crippen LogP contribution in [0.15, 0.2) is 60.7 Å². The fourth-order valence-electron chi connectivity index (χ4n) is 2.83. The summed E-state index contributed by atoms with van der Waals surface area (Å²) in [7, 11) is 0. The van der Waals surface area contributed by atoms with Crippen LogP contribution in [0, 0.1) is 11.8 Å². The zero-order chi connectivity index (χ0) is 28.4. The Morgan fingerprint density at radius 3 is 1.49 bits per heavy atom. The van der Waals surface area contributed by atoms with Crippen LogP contribution >= 0.6 is 11.6 Å². The van der Waals surface area contributed by atoms with Gasteiger partial charge < -0.3 is 21.3 Å². The van der Waals surface area contributed by atoms with Crippen LogP contribution in [0.4, 0.5) is 0 Å². The number of carbonyl (C=O) groups excluding carboxylic acids is 2. The summed E-state index contributed by atoms with van der Waals surface area (Å²) in [5, 5.41) is 19.5. The number of carbonyl (C=O) groups is 4. The van der Waals surface area contributed by atoms with Gasteiger partial charge >= 0.3 is 11.9 Å². The third-order valence-electron chi connectivity index (χ3n) is 5.19. The van der Waals surface area contributed by atoms with E-state index >= 15 is 0 Å². The average Bonchev–Trinajstić information content (AvgIpc) is 2.85. The fraction of sp³-hybridized carbons (Fsp3) is 0.429. The van der Waals surface area contributed by atoms with Crippen molar-refractivity contribution >= 4 is 34.7 Å². The zero-order valence-corrected chi connectivity index (χ0v) is 22.6. The normalized spacial score (nSPS) is 11.8. The lowest BCUT2D eigenvalue weighted by atomic mass is 10.0. The van der Waals surface area contributed by atoms with Crippen LogP contribution in [-0.4, -0.2) is 45.4 Å². The Kier molecular flexibility index (Phi) is 17.3. The van der Waals surface area contributed by atoms with Gasteiger partial charge in [-0.15, -0.1) is 0 Å². The number of hydrogen-bond donors (Lipinski definition) is 4. The van der Waals surface area contributed by atoms with E-state index in [0.29, 0.717) is 19.3 Å².